The van der Waals surface area contributed by atoms with Gasteiger partial charge in [-0.15, -0.1) is 0 Å². The molecule has 0 unspecified atom stereocenters. The van der Waals surface area contributed by atoms with E-state index < -0.39 is 0 Å². The van der Waals surface area contributed by atoms with Crippen LogP contribution in [-0.2, 0) is 12.8 Å². The molecule has 4 aromatic rings. The number of halogens is 4. The van der Waals surface area contributed by atoms with Gasteiger partial charge in [0.1, 0.15) is 11.5 Å². The zero-order chi connectivity index (χ0) is 25.3. The van der Waals surface area contributed by atoms with Crippen LogP contribution in [0.5, 0.6) is 11.5 Å². The molecule has 0 amide bonds. The first kappa shape index (κ1) is 27.1. The van der Waals surface area contributed by atoms with E-state index >= 15 is 0 Å². The molecule has 36 heavy (non-hydrogen) atoms. The normalized spacial score (nSPS) is 10.9. The van der Waals surface area contributed by atoms with E-state index in [9.17, 15) is 0 Å². The Morgan fingerprint density at radius 3 is 1.31 bits per heavy atom. The molecule has 186 valence electrons. The van der Waals surface area contributed by atoms with E-state index in [1.165, 1.54) is 11.1 Å². The van der Waals surface area contributed by atoms with Gasteiger partial charge in [0.05, 0.1) is 13.2 Å². The van der Waals surface area contributed by atoms with Crippen LogP contribution in [0, 0.1) is 0 Å². The van der Waals surface area contributed by atoms with Crippen molar-refractivity contribution in [3.05, 3.63) is 126 Å². The van der Waals surface area contributed by atoms with Crippen molar-refractivity contribution in [2.24, 2.45) is 0 Å². The molecule has 0 bridgehead atoms. The molecule has 4 rings (SSSR count). The summed E-state index contributed by atoms with van der Waals surface area (Å²) in [5.41, 5.74) is 4.59. The maximum absolute atomic E-state index is 6.31. The van der Waals surface area contributed by atoms with E-state index in [1.807, 2.05) is 48.5 Å². The van der Waals surface area contributed by atoms with Gasteiger partial charge in [-0.3, -0.25) is 0 Å². The third-order valence-corrected chi connectivity index (χ3v) is 7.45. The van der Waals surface area contributed by atoms with Crippen molar-refractivity contribution in [1.82, 2.24) is 0 Å². The highest BCUT2D eigenvalue weighted by molar-refractivity contribution is 9.10. The second-order valence-corrected chi connectivity index (χ2v) is 11.2. The highest BCUT2D eigenvalue weighted by Gasteiger charge is 2.05. The van der Waals surface area contributed by atoms with Crippen LogP contribution in [0.1, 0.15) is 35.1 Å². The molecule has 4 aromatic carbocycles. The fourth-order valence-corrected chi connectivity index (χ4v) is 4.97. The van der Waals surface area contributed by atoms with Gasteiger partial charge in [0.2, 0.25) is 0 Å². The van der Waals surface area contributed by atoms with E-state index in [0.29, 0.717) is 13.2 Å². The van der Waals surface area contributed by atoms with Gasteiger partial charge in [0, 0.05) is 19.0 Å². The van der Waals surface area contributed by atoms with Crippen molar-refractivity contribution >= 4 is 55.1 Å². The molecule has 2 nitrogen and oxygen atoms in total. The largest absolute Gasteiger partial charge is 0.494 e. The molecule has 0 saturated carbocycles. The Morgan fingerprint density at radius 2 is 0.917 bits per heavy atom. The summed E-state index contributed by atoms with van der Waals surface area (Å²) in [7, 11) is 0. The summed E-state index contributed by atoms with van der Waals surface area (Å²) in [5, 5.41) is 1.56. The average Bonchev–Trinajstić information content (AvgIpc) is 2.88. The van der Waals surface area contributed by atoms with E-state index in [0.717, 1.165) is 67.3 Å². The van der Waals surface area contributed by atoms with Crippen LogP contribution in [0.2, 0.25) is 10.0 Å². The first-order valence-corrected chi connectivity index (χ1v) is 14.1. The van der Waals surface area contributed by atoms with Gasteiger partial charge in [-0.2, -0.15) is 0 Å². The van der Waals surface area contributed by atoms with Crippen molar-refractivity contribution < 1.29 is 9.47 Å². The van der Waals surface area contributed by atoms with Crippen molar-refractivity contribution in [2.45, 2.75) is 25.7 Å². The highest BCUT2D eigenvalue weighted by Crippen LogP contribution is 2.26. The number of unbranched alkanes of at least 4 members (excludes halogenated alkanes) is 1. The zero-order valence-corrected chi connectivity index (χ0v) is 24.3. The predicted octanol–water partition coefficient (Wildman–Crippen LogP) is 9.94. The van der Waals surface area contributed by atoms with Crippen LogP contribution in [-0.4, -0.2) is 13.2 Å². The molecule has 6 heteroatoms. The Kier molecular flexibility index (Phi) is 10.2. The standard InChI is InChI=1S/C30H26Br2Cl2O2/c31-25-7-13-29(33)23(19-25)17-21-3-9-27(10-4-21)35-15-1-2-16-36-28-11-5-22(6-12-28)18-24-20-26(32)8-14-30(24)34/h3-14,19-20H,1-2,15-18H2. The van der Waals surface area contributed by atoms with Crippen LogP contribution in [0.25, 0.3) is 0 Å². The Morgan fingerprint density at radius 1 is 0.528 bits per heavy atom. The average molecular weight is 649 g/mol. The van der Waals surface area contributed by atoms with E-state index in [-0.39, 0.29) is 0 Å². The number of ether oxygens (including phenoxy) is 2. The summed E-state index contributed by atoms with van der Waals surface area (Å²) in [6.07, 6.45) is 3.42. The minimum atomic E-state index is 0.659. The summed E-state index contributed by atoms with van der Waals surface area (Å²) in [4.78, 5) is 0. The molecule has 0 aliphatic carbocycles. The molecule has 0 saturated heterocycles. The minimum absolute atomic E-state index is 0.659. The molecule has 0 spiro atoms. The topological polar surface area (TPSA) is 18.5 Å². The maximum Gasteiger partial charge on any atom is 0.119 e. The van der Waals surface area contributed by atoms with Crippen molar-refractivity contribution in [3.63, 3.8) is 0 Å². The molecule has 0 aromatic heterocycles. The maximum atomic E-state index is 6.31. The van der Waals surface area contributed by atoms with Gasteiger partial charge in [0.15, 0.2) is 0 Å². The number of hydrogen-bond acceptors (Lipinski definition) is 2. The molecule has 0 heterocycles. The highest BCUT2D eigenvalue weighted by atomic mass is 79.9. The number of hydrogen-bond donors (Lipinski definition) is 0. The van der Waals surface area contributed by atoms with Crippen molar-refractivity contribution in [3.8, 4) is 11.5 Å². The first-order valence-electron chi connectivity index (χ1n) is 11.8. The van der Waals surface area contributed by atoms with E-state index in [1.54, 1.807) is 0 Å². The second kappa shape index (κ2) is 13.5. The zero-order valence-electron chi connectivity index (χ0n) is 19.7. The fourth-order valence-electron chi connectivity index (χ4n) is 3.79. The minimum Gasteiger partial charge on any atom is -0.494 e. The summed E-state index contributed by atoms with van der Waals surface area (Å²) in [5.74, 6) is 1.75. The third kappa shape index (κ3) is 8.27. The van der Waals surface area contributed by atoms with Gasteiger partial charge in [0.25, 0.3) is 0 Å². The monoisotopic (exact) mass is 646 g/mol. The van der Waals surface area contributed by atoms with Gasteiger partial charge < -0.3 is 9.47 Å². The van der Waals surface area contributed by atoms with Crippen LogP contribution < -0.4 is 9.47 Å². The fraction of sp³-hybridized carbons (Fsp3) is 0.200. The molecule has 0 radical (unpaired) electrons. The molecule has 0 aliphatic rings. The Labute approximate surface area is 239 Å². The van der Waals surface area contributed by atoms with Gasteiger partial charge in [-0.25, -0.2) is 0 Å². The Hall–Kier alpha value is -1.98. The van der Waals surface area contributed by atoms with Crippen LogP contribution >= 0.6 is 55.1 Å². The molecular formula is C30H26Br2Cl2O2. The molecule has 0 atom stereocenters. The number of rotatable bonds is 11. The Balaban J connectivity index is 1.14. The lowest BCUT2D eigenvalue weighted by molar-refractivity contribution is 0.266. The van der Waals surface area contributed by atoms with Crippen LogP contribution in [0.3, 0.4) is 0 Å². The summed E-state index contributed by atoms with van der Waals surface area (Å²) in [6, 6.07) is 28.3. The predicted molar refractivity (Wildman–Crippen MR) is 157 cm³/mol. The lowest BCUT2D eigenvalue weighted by Crippen LogP contribution is -2.02. The van der Waals surface area contributed by atoms with E-state index in [4.69, 9.17) is 32.7 Å². The molecule has 0 N–H and O–H groups in total. The van der Waals surface area contributed by atoms with Gasteiger partial charge >= 0.3 is 0 Å². The molecule has 0 fully saturated rings. The van der Waals surface area contributed by atoms with Gasteiger partial charge in [-0.1, -0.05) is 79.3 Å². The third-order valence-electron chi connectivity index (χ3n) is 5.73. The van der Waals surface area contributed by atoms with Crippen molar-refractivity contribution in [2.75, 3.05) is 13.2 Å². The smallest absolute Gasteiger partial charge is 0.119 e. The quantitative estimate of drug-likeness (QED) is 0.151. The van der Waals surface area contributed by atoms with Crippen LogP contribution in [0.15, 0.2) is 93.9 Å². The molecular weight excluding hydrogens is 623 g/mol. The Bertz CT molecular complexity index is 1170. The molecule has 0 aliphatic heterocycles. The summed E-state index contributed by atoms with van der Waals surface area (Å²) < 4.78 is 13.9. The summed E-state index contributed by atoms with van der Waals surface area (Å²) in [6.45, 7) is 1.32. The lowest BCUT2D eigenvalue weighted by Gasteiger charge is -2.10. The summed E-state index contributed by atoms with van der Waals surface area (Å²) >= 11 is 19.6. The SMILES string of the molecule is Clc1ccc(Br)cc1Cc1ccc(OCCCCOc2ccc(Cc3cc(Br)ccc3Cl)cc2)cc1. The van der Waals surface area contributed by atoms with Crippen LogP contribution in [0.4, 0.5) is 0 Å². The second-order valence-electron chi connectivity index (χ2n) is 8.52. The first-order chi connectivity index (χ1) is 17.5. The van der Waals surface area contributed by atoms with Crippen molar-refractivity contribution in [1.29, 1.82) is 0 Å². The van der Waals surface area contributed by atoms with Gasteiger partial charge in [-0.05, 0) is 109 Å². The van der Waals surface area contributed by atoms with E-state index in [2.05, 4.69) is 68.3 Å². The lowest BCUT2D eigenvalue weighted by atomic mass is 10.0. The number of benzene rings is 4.